The molecule has 2 atom stereocenters. The molecule has 2 aromatic rings. The smallest absolute Gasteiger partial charge is 0.122 e. The highest BCUT2D eigenvalue weighted by atomic mass is 16.3. The Morgan fingerprint density at radius 1 is 1.03 bits per heavy atom. The van der Waals surface area contributed by atoms with Crippen LogP contribution < -0.4 is 0 Å². The lowest BCUT2D eigenvalue weighted by Gasteiger charge is -2.45. The first-order valence-corrected chi connectivity index (χ1v) is 11.1. The topological polar surface area (TPSA) is 47.8 Å². The minimum Gasteiger partial charge on any atom is -0.390 e. The highest BCUT2D eigenvalue weighted by Crippen LogP contribution is 2.20. The van der Waals surface area contributed by atoms with E-state index in [0.29, 0.717) is 6.04 Å². The van der Waals surface area contributed by atoms with Gasteiger partial charge in [0.2, 0.25) is 0 Å². The molecule has 3 heterocycles. The second-order valence-electron chi connectivity index (χ2n) is 8.40. The van der Waals surface area contributed by atoms with Crippen LogP contribution in [0, 0.1) is 0 Å². The maximum absolute atomic E-state index is 10.8. The summed E-state index contributed by atoms with van der Waals surface area (Å²) in [5.74, 6) is 1.10. The van der Waals surface area contributed by atoms with Crippen LogP contribution in [-0.2, 0) is 19.5 Å². The largest absolute Gasteiger partial charge is 0.390 e. The normalized spacial score (nSPS) is 24.8. The average molecular weight is 398 g/mol. The number of hydrogen-bond donors (Lipinski definition) is 1. The van der Waals surface area contributed by atoms with Crippen molar-refractivity contribution in [3.63, 3.8) is 0 Å². The molecule has 1 aromatic heterocycles. The van der Waals surface area contributed by atoms with Gasteiger partial charge < -0.3 is 14.6 Å². The van der Waals surface area contributed by atoms with Crippen molar-refractivity contribution in [2.24, 2.45) is 0 Å². The van der Waals surface area contributed by atoms with Gasteiger partial charge in [-0.2, -0.15) is 0 Å². The molecule has 0 bridgehead atoms. The minimum absolute atomic E-state index is 0.273. The molecule has 0 spiro atoms. The number of piperazine rings is 1. The summed E-state index contributed by atoms with van der Waals surface area (Å²) in [5, 5.41) is 10.8. The van der Waals surface area contributed by atoms with E-state index >= 15 is 0 Å². The quantitative estimate of drug-likeness (QED) is 0.771. The molecule has 2 fully saturated rings. The summed E-state index contributed by atoms with van der Waals surface area (Å²) in [4.78, 5) is 11.9. The van der Waals surface area contributed by atoms with Crippen LogP contribution in [0.3, 0.4) is 0 Å². The SMILES string of the molecule is CCn1ccnc1CN1CC[C@H](N2CCN(CCc3ccccc3)CC2)[C@@H](O)C1. The highest BCUT2D eigenvalue weighted by molar-refractivity contribution is 5.14. The third-order valence-corrected chi connectivity index (χ3v) is 6.57. The molecule has 158 valence electrons. The van der Waals surface area contributed by atoms with Crippen LogP contribution in [0.25, 0.3) is 0 Å². The molecule has 6 nitrogen and oxygen atoms in total. The molecule has 4 rings (SSSR count). The van der Waals surface area contributed by atoms with Crippen LogP contribution in [0.2, 0.25) is 0 Å². The van der Waals surface area contributed by atoms with E-state index in [1.807, 2.05) is 12.4 Å². The first-order valence-electron chi connectivity index (χ1n) is 11.1. The Morgan fingerprint density at radius 2 is 1.83 bits per heavy atom. The first kappa shape index (κ1) is 20.5. The van der Waals surface area contributed by atoms with E-state index in [4.69, 9.17) is 0 Å². The molecular weight excluding hydrogens is 362 g/mol. The van der Waals surface area contributed by atoms with Crippen LogP contribution in [0.1, 0.15) is 24.7 Å². The van der Waals surface area contributed by atoms with Gasteiger partial charge in [0.05, 0.1) is 12.6 Å². The lowest BCUT2D eigenvalue weighted by molar-refractivity contribution is -0.0314. The summed E-state index contributed by atoms with van der Waals surface area (Å²) < 4.78 is 2.19. The standard InChI is InChI=1S/C23H35N5O/c1-2-27-13-10-24-23(27)19-26-12-9-21(22(29)18-26)28-16-14-25(15-17-28)11-8-20-6-4-3-5-7-20/h3-7,10,13,21-22,29H,2,8-9,11-12,14-19H2,1H3/t21-,22-/m0/s1. The molecule has 1 aromatic carbocycles. The second-order valence-corrected chi connectivity index (χ2v) is 8.40. The molecule has 2 aliphatic rings. The lowest BCUT2D eigenvalue weighted by Crippen LogP contribution is -2.58. The van der Waals surface area contributed by atoms with Crippen LogP contribution in [0.15, 0.2) is 42.7 Å². The number of β-amino-alcohol motifs (C(OH)–C–C–N with tert-alkyl or cyclic N) is 1. The molecule has 0 radical (unpaired) electrons. The highest BCUT2D eigenvalue weighted by Gasteiger charge is 2.33. The Balaban J connectivity index is 1.21. The number of nitrogens with zero attached hydrogens (tertiary/aromatic N) is 5. The zero-order valence-corrected chi connectivity index (χ0v) is 17.7. The van der Waals surface area contributed by atoms with Crippen molar-refractivity contribution in [2.45, 2.75) is 45.0 Å². The summed E-state index contributed by atoms with van der Waals surface area (Å²) in [5.41, 5.74) is 1.42. The monoisotopic (exact) mass is 397 g/mol. The van der Waals surface area contributed by atoms with E-state index in [1.165, 1.54) is 5.56 Å². The summed E-state index contributed by atoms with van der Waals surface area (Å²) in [7, 11) is 0. The second kappa shape index (κ2) is 9.85. The predicted molar refractivity (Wildman–Crippen MR) is 116 cm³/mol. The summed E-state index contributed by atoms with van der Waals surface area (Å²) in [6, 6.07) is 11.1. The van der Waals surface area contributed by atoms with Crippen molar-refractivity contribution in [1.82, 2.24) is 24.3 Å². The third-order valence-electron chi connectivity index (χ3n) is 6.57. The minimum atomic E-state index is -0.273. The fraction of sp³-hybridized carbons (Fsp3) is 0.609. The maximum atomic E-state index is 10.8. The number of aryl methyl sites for hydroxylation is 1. The third kappa shape index (κ3) is 5.25. The summed E-state index contributed by atoms with van der Waals surface area (Å²) in [6.45, 7) is 11.2. The number of hydrogen-bond acceptors (Lipinski definition) is 5. The molecule has 0 saturated carbocycles. The average Bonchev–Trinajstić information content (AvgIpc) is 3.21. The Labute approximate surface area is 174 Å². The Kier molecular flexibility index (Phi) is 6.98. The number of benzene rings is 1. The zero-order valence-electron chi connectivity index (χ0n) is 17.7. The van der Waals surface area contributed by atoms with Gasteiger partial charge in [-0.1, -0.05) is 30.3 Å². The molecule has 2 saturated heterocycles. The maximum Gasteiger partial charge on any atom is 0.122 e. The Morgan fingerprint density at radius 3 is 2.55 bits per heavy atom. The van der Waals surface area contributed by atoms with E-state index < -0.39 is 0 Å². The first-order chi connectivity index (χ1) is 14.2. The van der Waals surface area contributed by atoms with Crippen LogP contribution in [0.4, 0.5) is 0 Å². The van der Waals surface area contributed by atoms with Crippen molar-refractivity contribution >= 4 is 0 Å². The number of aromatic nitrogens is 2. The van der Waals surface area contributed by atoms with E-state index in [-0.39, 0.29) is 6.10 Å². The summed E-state index contributed by atoms with van der Waals surface area (Å²) in [6.07, 6.45) is 5.80. The molecule has 2 aliphatic heterocycles. The number of likely N-dealkylation sites (tertiary alicyclic amines) is 1. The molecule has 0 unspecified atom stereocenters. The molecule has 0 amide bonds. The van der Waals surface area contributed by atoms with E-state index in [9.17, 15) is 5.11 Å². The van der Waals surface area contributed by atoms with Gasteiger partial charge in [-0.05, 0) is 25.3 Å². The van der Waals surface area contributed by atoms with Gasteiger partial charge in [0.1, 0.15) is 5.82 Å². The van der Waals surface area contributed by atoms with E-state index in [2.05, 4.69) is 61.5 Å². The van der Waals surface area contributed by atoms with Gasteiger partial charge in [0.15, 0.2) is 0 Å². The molecule has 6 heteroatoms. The Hall–Kier alpha value is -1.73. The van der Waals surface area contributed by atoms with Crippen LogP contribution >= 0.6 is 0 Å². The van der Waals surface area contributed by atoms with Gasteiger partial charge in [-0.3, -0.25) is 9.80 Å². The van der Waals surface area contributed by atoms with Gasteiger partial charge >= 0.3 is 0 Å². The molecule has 29 heavy (non-hydrogen) atoms. The number of imidazole rings is 1. The number of aliphatic hydroxyl groups is 1. The van der Waals surface area contributed by atoms with E-state index in [1.54, 1.807) is 0 Å². The molecule has 0 aliphatic carbocycles. The lowest BCUT2D eigenvalue weighted by atomic mass is 9.99. The van der Waals surface area contributed by atoms with Crippen molar-refractivity contribution in [3.8, 4) is 0 Å². The van der Waals surface area contributed by atoms with Crippen LogP contribution in [0.5, 0.6) is 0 Å². The van der Waals surface area contributed by atoms with Crippen molar-refractivity contribution in [3.05, 3.63) is 54.1 Å². The fourth-order valence-corrected chi connectivity index (χ4v) is 4.78. The van der Waals surface area contributed by atoms with Gasteiger partial charge in [0.25, 0.3) is 0 Å². The Bertz CT molecular complexity index is 741. The summed E-state index contributed by atoms with van der Waals surface area (Å²) >= 11 is 0. The van der Waals surface area contributed by atoms with Gasteiger partial charge in [-0.15, -0.1) is 0 Å². The van der Waals surface area contributed by atoms with Gasteiger partial charge in [-0.25, -0.2) is 4.98 Å². The number of piperidine rings is 1. The van der Waals surface area contributed by atoms with Crippen molar-refractivity contribution < 1.29 is 5.11 Å². The predicted octanol–water partition coefficient (Wildman–Crippen LogP) is 1.70. The number of rotatable bonds is 7. The van der Waals surface area contributed by atoms with Crippen molar-refractivity contribution in [2.75, 3.05) is 45.8 Å². The van der Waals surface area contributed by atoms with Crippen molar-refractivity contribution in [1.29, 1.82) is 0 Å². The zero-order chi connectivity index (χ0) is 20.1. The fourth-order valence-electron chi connectivity index (χ4n) is 4.78. The number of aliphatic hydroxyl groups excluding tert-OH is 1. The molecular formula is C23H35N5O. The van der Waals surface area contributed by atoms with E-state index in [0.717, 1.165) is 77.6 Å². The molecule has 1 N–H and O–H groups in total. The van der Waals surface area contributed by atoms with Crippen LogP contribution in [-0.4, -0.2) is 87.3 Å². The van der Waals surface area contributed by atoms with Gasteiger partial charge in [0, 0.05) is 70.8 Å².